The van der Waals surface area contributed by atoms with Crippen molar-refractivity contribution in [2.24, 2.45) is 10.8 Å². The van der Waals surface area contributed by atoms with E-state index < -0.39 is 0 Å². The molecular weight excluding hydrogens is 257 g/mol. The fraction of sp³-hybridized carbons (Fsp3) is 0.143. The number of anilines is 1. The van der Waals surface area contributed by atoms with Gasteiger partial charge in [0.15, 0.2) is 0 Å². The van der Waals surface area contributed by atoms with Crippen LogP contribution in [0.3, 0.4) is 0 Å². The number of pyridine rings is 1. The van der Waals surface area contributed by atoms with Gasteiger partial charge in [0, 0.05) is 17.4 Å². The van der Waals surface area contributed by atoms with E-state index >= 15 is 0 Å². The highest BCUT2D eigenvalue weighted by Gasteiger charge is 2.19. The smallest absolute Gasteiger partial charge is 0.125 e. The third-order valence-electron chi connectivity index (χ3n) is 3.11. The Morgan fingerprint density at radius 1 is 1.30 bits per heavy atom. The molecule has 1 aromatic heterocycles. The minimum atomic E-state index is -0.311. The summed E-state index contributed by atoms with van der Waals surface area (Å²) in [6, 6.07) is 10.2. The number of benzodiazepines with no additional fused rings is 1. The summed E-state index contributed by atoms with van der Waals surface area (Å²) in [7, 11) is 0. The van der Waals surface area contributed by atoms with Crippen molar-refractivity contribution in [2.75, 3.05) is 11.9 Å². The minimum Gasteiger partial charge on any atom is -0.367 e. The van der Waals surface area contributed by atoms with Crippen molar-refractivity contribution in [3.63, 3.8) is 0 Å². The van der Waals surface area contributed by atoms with E-state index in [1.165, 1.54) is 12.1 Å². The molecule has 5 nitrogen and oxygen atoms in total. The number of hydrazine groups is 1. The Morgan fingerprint density at radius 3 is 2.95 bits per heavy atom. The average molecular weight is 271 g/mol. The van der Waals surface area contributed by atoms with Gasteiger partial charge in [0.2, 0.25) is 0 Å². The Hall–Kier alpha value is -2.31. The maximum absolute atomic E-state index is 13.4. The van der Waals surface area contributed by atoms with Gasteiger partial charge in [-0.1, -0.05) is 6.07 Å². The first-order valence-electron chi connectivity index (χ1n) is 6.26. The average Bonchev–Trinajstić information content (AvgIpc) is 2.66. The lowest BCUT2D eigenvalue weighted by molar-refractivity contribution is 0.593. The highest BCUT2D eigenvalue weighted by atomic mass is 19.1. The number of halogens is 1. The Bertz CT molecular complexity index is 641. The highest BCUT2D eigenvalue weighted by molar-refractivity contribution is 6.15. The summed E-state index contributed by atoms with van der Waals surface area (Å²) < 4.78 is 13.4. The molecule has 102 valence electrons. The summed E-state index contributed by atoms with van der Waals surface area (Å²) in [5.41, 5.74) is 5.55. The first-order chi connectivity index (χ1) is 9.78. The van der Waals surface area contributed by atoms with Crippen molar-refractivity contribution >= 4 is 11.4 Å². The first kappa shape index (κ1) is 12.7. The van der Waals surface area contributed by atoms with E-state index in [1.54, 1.807) is 12.3 Å². The Balaban J connectivity index is 2.12. The number of nitrogens with zero attached hydrogens (tertiary/aromatic N) is 2. The van der Waals surface area contributed by atoms with Crippen LogP contribution in [0.2, 0.25) is 0 Å². The molecule has 0 radical (unpaired) electrons. The third-order valence-corrected chi connectivity index (χ3v) is 3.11. The van der Waals surface area contributed by atoms with Crippen molar-refractivity contribution in [1.29, 1.82) is 0 Å². The molecule has 0 bridgehead atoms. The Kier molecular flexibility index (Phi) is 3.41. The second-order valence-corrected chi connectivity index (χ2v) is 4.46. The third kappa shape index (κ3) is 2.38. The second-order valence-electron chi connectivity index (χ2n) is 4.46. The molecule has 2 heterocycles. The summed E-state index contributed by atoms with van der Waals surface area (Å²) in [4.78, 5) is 8.86. The molecule has 0 saturated heterocycles. The van der Waals surface area contributed by atoms with Crippen molar-refractivity contribution in [3.05, 3.63) is 59.7 Å². The molecule has 1 atom stereocenters. The number of hydrogen-bond acceptors (Lipinski definition) is 5. The largest absolute Gasteiger partial charge is 0.367 e. The first-order valence-corrected chi connectivity index (χ1v) is 6.26. The van der Waals surface area contributed by atoms with Crippen LogP contribution in [0, 0.1) is 5.82 Å². The molecule has 0 aliphatic carbocycles. The predicted octanol–water partition coefficient (Wildman–Crippen LogP) is 1.27. The van der Waals surface area contributed by atoms with Gasteiger partial charge in [-0.15, -0.1) is 0 Å². The van der Waals surface area contributed by atoms with Crippen LogP contribution < -0.4 is 16.6 Å². The Labute approximate surface area is 115 Å². The zero-order valence-electron chi connectivity index (χ0n) is 10.7. The second kappa shape index (κ2) is 5.36. The standard InChI is InChI=1S/C14H14FN5/c15-9-4-5-10-12(7-9)19-13(20-16)8-18-14(10)11-3-1-2-6-17-11/h1-7,13,19-20H,8,16H2. The van der Waals surface area contributed by atoms with Crippen LogP contribution in [0.1, 0.15) is 11.3 Å². The van der Waals surface area contributed by atoms with E-state index in [4.69, 9.17) is 5.84 Å². The fourth-order valence-electron chi connectivity index (χ4n) is 2.16. The number of fused-ring (bicyclic) bond motifs is 1. The number of aromatic nitrogens is 1. The molecule has 1 aliphatic heterocycles. The molecule has 1 aliphatic rings. The van der Waals surface area contributed by atoms with E-state index in [0.29, 0.717) is 12.2 Å². The molecule has 0 spiro atoms. The maximum atomic E-state index is 13.4. The molecule has 0 amide bonds. The van der Waals surface area contributed by atoms with Crippen LogP contribution >= 0.6 is 0 Å². The molecule has 2 aromatic rings. The van der Waals surface area contributed by atoms with Crippen LogP contribution in [0.5, 0.6) is 0 Å². The lowest BCUT2D eigenvalue weighted by atomic mass is 10.0. The SMILES string of the molecule is NNC1CN=C(c2ccccn2)c2ccc(F)cc2N1. The van der Waals surface area contributed by atoms with Crippen LogP contribution in [0.15, 0.2) is 47.6 Å². The van der Waals surface area contributed by atoms with Crippen molar-refractivity contribution in [2.45, 2.75) is 6.17 Å². The Morgan fingerprint density at radius 2 is 2.20 bits per heavy atom. The fourth-order valence-corrected chi connectivity index (χ4v) is 2.16. The van der Waals surface area contributed by atoms with Crippen LogP contribution in [-0.2, 0) is 0 Å². The van der Waals surface area contributed by atoms with Crippen molar-refractivity contribution in [3.8, 4) is 0 Å². The van der Waals surface area contributed by atoms with Crippen LogP contribution in [0.4, 0.5) is 10.1 Å². The summed E-state index contributed by atoms with van der Waals surface area (Å²) in [5, 5.41) is 3.13. The van der Waals surface area contributed by atoms with Crippen LogP contribution in [-0.4, -0.2) is 23.4 Å². The van der Waals surface area contributed by atoms with E-state index in [0.717, 1.165) is 17.0 Å². The lowest BCUT2D eigenvalue weighted by Crippen LogP contribution is -2.42. The van der Waals surface area contributed by atoms with Gasteiger partial charge in [-0.2, -0.15) is 0 Å². The number of aliphatic imine (C=N–C) groups is 1. The van der Waals surface area contributed by atoms with Crippen LogP contribution in [0.25, 0.3) is 0 Å². The number of benzene rings is 1. The summed E-state index contributed by atoms with van der Waals surface area (Å²) in [6.45, 7) is 0.429. The van der Waals surface area contributed by atoms with E-state index in [1.807, 2.05) is 18.2 Å². The summed E-state index contributed by atoms with van der Waals surface area (Å²) in [5.74, 6) is 5.15. The number of nitrogens with one attached hydrogen (secondary N) is 2. The molecule has 20 heavy (non-hydrogen) atoms. The highest BCUT2D eigenvalue weighted by Crippen LogP contribution is 2.23. The van der Waals surface area contributed by atoms with E-state index in [-0.39, 0.29) is 12.0 Å². The van der Waals surface area contributed by atoms with Gasteiger partial charge in [-0.3, -0.25) is 15.8 Å². The van der Waals surface area contributed by atoms with Gasteiger partial charge < -0.3 is 5.32 Å². The van der Waals surface area contributed by atoms with Gasteiger partial charge in [0.1, 0.15) is 12.0 Å². The topological polar surface area (TPSA) is 75.3 Å². The molecule has 3 rings (SSSR count). The zero-order chi connectivity index (χ0) is 13.9. The number of nitrogens with two attached hydrogens (primary N) is 1. The van der Waals surface area contributed by atoms with Gasteiger partial charge in [-0.25, -0.2) is 9.82 Å². The van der Waals surface area contributed by atoms with Gasteiger partial charge in [0.05, 0.1) is 18.0 Å². The molecule has 1 unspecified atom stereocenters. The quantitative estimate of drug-likeness (QED) is 0.568. The summed E-state index contributed by atoms with van der Waals surface area (Å²) >= 11 is 0. The molecule has 0 fully saturated rings. The molecular formula is C14H14FN5. The molecule has 1 aromatic carbocycles. The molecule has 6 heteroatoms. The zero-order valence-corrected chi connectivity index (χ0v) is 10.7. The van der Waals surface area contributed by atoms with Crippen molar-refractivity contribution in [1.82, 2.24) is 10.4 Å². The maximum Gasteiger partial charge on any atom is 0.125 e. The van der Waals surface area contributed by atoms with E-state index in [2.05, 4.69) is 20.7 Å². The summed E-state index contributed by atoms with van der Waals surface area (Å²) in [6.07, 6.45) is 1.45. The van der Waals surface area contributed by atoms with Crippen molar-refractivity contribution < 1.29 is 4.39 Å². The monoisotopic (exact) mass is 271 g/mol. The predicted molar refractivity (Wildman–Crippen MR) is 75.9 cm³/mol. The van der Waals surface area contributed by atoms with E-state index in [9.17, 15) is 4.39 Å². The number of rotatable bonds is 2. The van der Waals surface area contributed by atoms with Gasteiger partial charge in [-0.05, 0) is 30.3 Å². The number of hydrogen-bond donors (Lipinski definition) is 3. The lowest BCUT2D eigenvalue weighted by Gasteiger charge is -2.16. The molecule has 4 N–H and O–H groups in total. The molecule has 0 saturated carbocycles. The normalized spacial score (nSPS) is 17.7. The van der Waals surface area contributed by atoms with Gasteiger partial charge >= 0.3 is 0 Å². The minimum absolute atomic E-state index is 0.253. The van der Waals surface area contributed by atoms with Gasteiger partial charge in [0.25, 0.3) is 0 Å².